The van der Waals surface area contributed by atoms with Crippen molar-refractivity contribution in [3.63, 3.8) is 0 Å². The van der Waals surface area contributed by atoms with Crippen molar-refractivity contribution >= 4 is 34.6 Å². The first-order chi connectivity index (χ1) is 19.2. The molecule has 3 heterocycles. The van der Waals surface area contributed by atoms with Crippen LogP contribution in [0.5, 0.6) is 5.75 Å². The molecule has 40 heavy (non-hydrogen) atoms. The van der Waals surface area contributed by atoms with E-state index < -0.39 is 0 Å². The van der Waals surface area contributed by atoms with Gasteiger partial charge < -0.3 is 24.8 Å². The number of para-hydroxylation sites is 1. The number of ether oxygens (including phenoxy) is 1. The number of benzene rings is 2. The molecule has 2 aromatic heterocycles. The Bertz CT molecular complexity index is 1580. The smallest absolute Gasteiger partial charge is 0.221 e. The minimum absolute atomic E-state index is 0.172. The number of thiocarbonyl (C=S) groups is 1. The zero-order chi connectivity index (χ0) is 28.6. The largest absolute Gasteiger partial charge is 0.495 e. The fourth-order valence-electron chi connectivity index (χ4n) is 5.84. The molecule has 4 aromatic rings. The molecule has 2 atom stereocenters. The average Bonchev–Trinajstić information content (AvgIpc) is 3.43. The van der Waals surface area contributed by atoms with Gasteiger partial charge in [0.05, 0.1) is 36.3 Å². The van der Waals surface area contributed by atoms with Crippen molar-refractivity contribution in [1.29, 1.82) is 0 Å². The number of carbonyl (C=O) groups is 1. The van der Waals surface area contributed by atoms with Crippen LogP contribution in [-0.4, -0.2) is 27.7 Å². The van der Waals surface area contributed by atoms with Gasteiger partial charge in [-0.2, -0.15) is 0 Å². The van der Waals surface area contributed by atoms with Crippen LogP contribution in [0.25, 0.3) is 5.69 Å². The zero-order valence-electron chi connectivity index (χ0n) is 23.8. The maximum Gasteiger partial charge on any atom is 0.221 e. The molecule has 1 saturated heterocycles. The monoisotopic (exact) mass is 553 g/mol. The molecule has 1 fully saturated rings. The van der Waals surface area contributed by atoms with Crippen molar-refractivity contribution in [3.8, 4) is 11.4 Å². The molecular weight excluding hydrogens is 518 g/mol. The van der Waals surface area contributed by atoms with E-state index in [9.17, 15) is 4.79 Å². The van der Waals surface area contributed by atoms with Gasteiger partial charge in [0.15, 0.2) is 5.11 Å². The first-order valence-electron chi connectivity index (χ1n) is 13.5. The fraction of sp³-hybridized carbons (Fsp3) is 0.281. The Balaban J connectivity index is 1.71. The highest BCUT2D eigenvalue weighted by atomic mass is 32.1. The Hall–Kier alpha value is -4.17. The first-order valence-corrected chi connectivity index (χ1v) is 13.9. The highest BCUT2D eigenvalue weighted by molar-refractivity contribution is 7.80. The SMILES string of the molecule is CCc1cccc(C)c1-n1c(C)cc([C@@H]2[C@H](c3ccccn3)NC(=S)N2c2ccc(OC)c(NC(C)=O)c2)c1C. The lowest BCUT2D eigenvalue weighted by Crippen LogP contribution is -2.29. The summed E-state index contributed by atoms with van der Waals surface area (Å²) in [5.41, 5.74) is 9.59. The lowest BCUT2D eigenvalue weighted by Gasteiger charge is -2.29. The summed E-state index contributed by atoms with van der Waals surface area (Å²) in [4.78, 5) is 18.8. The highest BCUT2D eigenvalue weighted by Crippen LogP contribution is 2.45. The molecule has 2 N–H and O–H groups in total. The van der Waals surface area contributed by atoms with E-state index in [2.05, 4.69) is 72.1 Å². The molecule has 5 rings (SSSR count). The standard InChI is InChI=1S/C32H35N5O2S/c1-7-23-12-10-11-19(2)30(23)36-20(3)17-25(21(36)4)31-29(26-13-8-9-16-33-26)35-32(40)37(31)24-14-15-28(39-6)27(18-24)34-22(5)38/h8-18,29,31H,7H2,1-6H3,(H,34,38)(H,35,40)/t29-,31+/m0/s1. The van der Waals surface area contributed by atoms with Crippen LogP contribution < -0.4 is 20.3 Å². The van der Waals surface area contributed by atoms with Crippen molar-refractivity contribution in [1.82, 2.24) is 14.9 Å². The van der Waals surface area contributed by atoms with Crippen molar-refractivity contribution in [3.05, 3.63) is 101 Å². The number of hydrogen-bond donors (Lipinski definition) is 2. The molecular formula is C32H35N5O2S. The van der Waals surface area contributed by atoms with Gasteiger partial charge in [-0.15, -0.1) is 0 Å². The van der Waals surface area contributed by atoms with Crippen molar-refractivity contribution < 1.29 is 9.53 Å². The second-order valence-electron chi connectivity index (χ2n) is 10.2. The Labute approximate surface area is 241 Å². The first kappa shape index (κ1) is 27.4. The normalized spacial score (nSPS) is 16.6. The molecule has 1 amide bonds. The molecule has 206 valence electrons. The minimum Gasteiger partial charge on any atom is -0.495 e. The number of nitrogens with zero attached hydrogens (tertiary/aromatic N) is 3. The number of anilines is 2. The van der Waals surface area contributed by atoms with Crippen molar-refractivity contribution in [2.24, 2.45) is 0 Å². The van der Waals surface area contributed by atoms with Gasteiger partial charge in [-0.1, -0.05) is 31.2 Å². The number of amides is 1. The maximum absolute atomic E-state index is 12.0. The topological polar surface area (TPSA) is 71.4 Å². The van der Waals surface area contributed by atoms with Gasteiger partial charge in [-0.25, -0.2) is 0 Å². The zero-order valence-corrected chi connectivity index (χ0v) is 24.6. The molecule has 8 heteroatoms. The van der Waals surface area contributed by atoms with Crippen molar-refractivity contribution in [2.45, 2.75) is 53.1 Å². The Morgan fingerprint density at radius 3 is 2.58 bits per heavy atom. The molecule has 0 aliphatic carbocycles. The molecule has 0 unspecified atom stereocenters. The van der Waals surface area contributed by atoms with E-state index in [1.165, 1.54) is 23.7 Å². The molecule has 0 spiro atoms. The summed E-state index contributed by atoms with van der Waals surface area (Å²) < 4.78 is 7.89. The number of nitrogens with one attached hydrogen (secondary N) is 2. The summed E-state index contributed by atoms with van der Waals surface area (Å²) in [6.07, 6.45) is 2.76. The van der Waals surface area contributed by atoms with E-state index in [1.54, 1.807) is 7.11 Å². The summed E-state index contributed by atoms with van der Waals surface area (Å²) in [6.45, 7) is 10.2. The molecule has 7 nitrogen and oxygen atoms in total. The number of rotatable bonds is 7. The molecule has 0 radical (unpaired) electrons. The van der Waals surface area contributed by atoms with E-state index in [-0.39, 0.29) is 18.0 Å². The van der Waals surface area contributed by atoms with E-state index in [0.717, 1.165) is 34.8 Å². The van der Waals surface area contributed by atoms with Crippen LogP contribution in [-0.2, 0) is 11.2 Å². The van der Waals surface area contributed by atoms with Gasteiger partial charge in [0.2, 0.25) is 5.91 Å². The third-order valence-electron chi connectivity index (χ3n) is 7.58. The van der Waals surface area contributed by atoms with E-state index in [1.807, 2.05) is 42.6 Å². The lowest BCUT2D eigenvalue weighted by molar-refractivity contribution is -0.114. The minimum atomic E-state index is -0.185. The number of aromatic nitrogens is 2. The predicted octanol–water partition coefficient (Wildman–Crippen LogP) is 6.50. The summed E-state index contributed by atoms with van der Waals surface area (Å²) in [7, 11) is 1.59. The van der Waals surface area contributed by atoms with Crippen LogP contribution in [0.2, 0.25) is 0 Å². The van der Waals surface area contributed by atoms with Gasteiger partial charge in [0.25, 0.3) is 0 Å². The van der Waals surface area contributed by atoms with Gasteiger partial charge >= 0.3 is 0 Å². The molecule has 1 aliphatic heterocycles. The molecule has 0 saturated carbocycles. The van der Waals surface area contributed by atoms with Crippen molar-refractivity contribution in [2.75, 3.05) is 17.3 Å². The van der Waals surface area contributed by atoms with Gasteiger partial charge in [-0.3, -0.25) is 9.78 Å². The van der Waals surface area contributed by atoms with Gasteiger partial charge in [-0.05, 0) is 92.5 Å². The highest BCUT2D eigenvalue weighted by Gasteiger charge is 2.42. The van der Waals surface area contributed by atoms with Crippen LogP contribution in [0.1, 0.15) is 59.7 Å². The number of carbonyl (C=O) groups excluding carboxylic acids is 1. The molecule has 2 aromatic carbocycles. The Kier molecular flexibility index (Phi) is 7.63. The van der Waals surface area contributed by atoms with E-state index in [0.29, 0.717) is 16.5 Å². The van der Waals surface area contributed by atoms with Gasteiger partial charge in [0, 0.05) is 30.2 Å². The Morgan fingerprint density at radius 1 is 1.10 bits per heavy atom. The van der Waals surface area contributed by atoms with Crippen LogP contribution in [0, 0.1) is 20.8 Å². The Morgan fingerprint density at radius 2 is 1.90 bits per heavy atom. The molecule has 0 bridgehead atoms. The summed E-state index contributed by atoms with van der Waals surface area (Å²) in [6, 6.07) is 20.1. The summed E-state index contributed by atoms with van der Waals surface area (Å²) >= 11 is 5.97. The fourth-order valence-corrected chi connectivity index (χ4v) is 6.18. The summed E-state index contributed by atoms with van der Waals surface area (Å²) in [5.74, 6) is 0.411. The quantitative estimate of drug-likeness (QED) is 0.255. The van der Waals surface area contributed by atoms with E-state index in [4.69, 9.17) is 21.9 Å². The summed E-state index contributed by atoms with van der Waals surface area (Å²) in [5, 5.41) is 7.04. The number of methoxy groups -OCH3 is 1. The second kappa shape index (κ2) is 11.1. The van der Waals surface area contributed by atoms with Crippen LogP contribution in [0.3, 0.4) is 0 Å². The molecule has 1 aliphatic rings. The average molecular weight is 554 g/mol. The number of aryl methyl sites for hydroxylation is 3. The second-order valence-corrected chi connectivity index (χ2v) is 10.5. The number of pyridine rings is 1. The lowest BCUT2D eigenvalue weighted by atomic mass is 9.96. The maximum atomic E-state index is 12.0. The third-order valence-corrected chi connectivity index (χ3v) is 7.90. The third kappa shape index (κ3) is 4.84. The number of hydrogen-bond acceptors (Lipinski definition) is 4. The van der Waals surface area contributed by atoms with Crippen LogP contribution in [0.15, 0.2) is 66.9 Å². The van der Waals surface area contributed by atoms with Crippen LogP contribution in [0.4, 0.5) is 11.4 Å². The van der Waals surface area contributed by atoms with E-state index >= 15 is 0 Å². The van der Waals surface area contributed by atoms with Gasteiger partial charge in [0.1, 0.15) is 5.75 Å². The predicted molar refractivity (Wildman–Crippen MR) is 165 cm³/mol. The van der Waals surface area contributed by atoms with Crippen LogP contribution >= 0.6 is 12.2 Å².